The number of carbonyl (C=O) groups is 1. The second-order valence-corrected chi connectivity index (χ2v) is 6.72. The summed E-state index contributed by atoms with van der Waals surface area (Å²) in [7, 11) is 3.69. The van der Waals surface area contributed by atoms with Crippen LogP contribution in [-0.4, -0.2) is 44.2 Å². The molecule has 3 rings (SSSR count). The molecule has 1 aromatic heterocycles. The van der Waals surface area contributed by atoms with E-state index in [0.717, 1.165) is 12.1 Å². The van der Waals surface area contributed by atoms with E-state index in [1.54, 1.807) is 0 Å². The van der Waals surface area contributed by atoms with Gasteiger partial charge in [0.15, 0.2) is 0 Å². The first-order valence-corrected chi connectivity index (χ1v) is 8.69. The Hall–Kier alpha value is -2.97. The number of hydrogen-bond donors (Lipinski definition) is 1. The molecule has 0 spiro atoms. The van der Waals surface area contributed by atoms with E-state index in [-0.39, 0.29) is 12.5 Å². The smallest absolute Gasteiger partial charge is 0.416 e. The predicted molar refractivity (Wildman–Crippen MR) is 100 cm³/mol. The second kappa shape index (κ2) is 7.57. The Kier molecular flexibility index (Phi) is 5.35. The highest BCUT2D eigenvalue weighted by Crippen LogP contribution is 2.39. The number of alkyl halides is 3. The summed E-state index contributed by atoms with van der Waals surface area (Å²) in [5, 5.41) is 2.71. The summed E-state index contributed by atoms with van der Waals surface area (Å²) in [5.41, 5.74) is 0.537. The lowest BCUT2D eigenvalue weighted by Gasteiger charge is -2.36. The maximum atomic E-state index is 12.9. The van der Waals surface area contributed by atoms with Crippen molar-refractivity contribution in [2.45, 2.75) is 19.2 Å². The molecule has 150 valence electrons. The van der Waals surface area contributed by atoms with Crippen molar-refractivity contribution in [3.05, 3.63) is 42.0 Å². The molecule has 0 saturated heterocycles. The molecule has 2 aromatic rings. The zero-order valence-electron chi connectivity index (χ0n) is 15.7. The summed E-state index contributed by atoms with van der Waals surface area (Å²) in [5.74, 6) is 0.865. The van der Waals surface area contributed by atoms with Crippen LogP contribution in [0.4, 0.5) is 30.4 Å². The predicted octanol–water partition coefficient (Wildman–Crippen LogP) is 3.20. The van der Waals surface area contributed by atoms with Crippen molar-refractivity contribution in [2.24, 2.45) is 0 Å². The minimum atomic E-state index is -4.39. The first-order valence-electron chi connectivity index (χ1n) is 8.69. The Morgan fingerprint density at radius 2 is 1.93 bits per heavy atom. The van der Waals surface area contributed by atoms with Crippen molar-refractivity contribution in [1.29, 1.82) is 0 Å². The average molecular weight is 394 g/mol. The largest absolute Gasteiger partial charge is 0.469 e. The van der Waals surface area contributed by atoms with Crippen LogP contribution >= 0.6 is 0 Å². The van der Waals surface area contributed by atoms with Crippen LogP contribution in [0.2, 0.25) is 0 Å². The molecule has 0 radical (unpaired) electrons. The summed E-state index contributed by atoms with van der Waals surface area (Å²) in [6, 6.07) is 8.59. The maximum Gasteiger partial charge on any atom is 0.416 e. The Morgan fingerprint density at radius 3 is 2.50 bits per heavy atom. The third kappa shape index (κ3) is 4.29. The number of nitrogens with one attached hydrogen (secondary N) is 1. The van der Waals surface area contributed by atoms with Gasteiger partial charge in [0.1, 0.15) is 17.6 Å². The van der Waals surface area contributed by atoms with Gasteiger partial charge in [0.25, 0.3) is 0 Å². The molecule has 0 aliphatic carbocycles. The number of nitrogens with zero attached hydrogens (tertiary/aromatic N) is 3. The van der Waals surface area contributed by atoms with Crippen LogP contribution in [0.3, 0.4) is 0 Å². The lowest BCUT2D eigenvalue weighted by Crippen LogP contribution is -2.44. The number of carbonyl (C=O) groups excluding carboxylic acids is 1. The van der Waals surface area contributed by atoms with Gasteiger partial charge >= 0.3 is 6.18 Å². The van der Waals surface area contributed by atoms with Crippen LogP contribution in [0.15, 0.2) is 36.4 Å². The van der Waals surface area contributed by atoms with Gasteiger partial charge in [0, 0.05) is 26.7 Å². The fourth-order valence-corrected chi connectivity index (χ4v) is 2.90. The van der Waals surface area contributed by atoms with E-state index < -0.39 is 17.8 Å². The molecule has 1 aliphatic heterocycles. The van der Waals surface area contributed by atoms with Crippen LogP contribution in [0.1, 0.15) is 12.5 Å². The Labute approximate surface area is 160 Å². The summed E-state index contributed by atoms with van der Waals surface area (Å²) in [6.45, 7) is 2.04. The highest BCUT2D eigenvalue weighted by Gasteiger charge is 2.32. The van der Waals surface area contributed by atoms with E-state index in [9.17, 15) is 18.0 Å². The number of hydrogen-bond acceptors (Lipinski definition) is 5. The van der Waals surface area contributed by atoms with Gasteiger partial charge in [-0.3, -0.25) is 4.79 Å². The fraction of sp³-hybridized carbons (Fsp3) is 0.368. The lowest BCUT2D eigenvalue weighted by molar-refractivity contribution is -0.137. The summed E-state index contributed by atoms with van der Waals surface area (Å²) >= 11 is 0. The van der Waals surface area contributed by atoms with Crippen molar-refractivity contribution in [3.8, 4) is 5.88 Å². The Balaban J connectivity index is 1.95. The van der Waals surface area contributed by atoms with Crippen molar-refractivity contribution in [2.75, 3.05) is 37.0 Å². The topological polar surface area (TPSA) is 57.7 Å². The Morgan fingerprint density at radius 1 is 1.25 bits per heavy atom. The number of amides is 1. The van der Waals surface area contributed by atoms with Crippen LogP contribution in [-0.2, 0) is 11.0 Å². The van der Waals surface area contributed by atoms with Crippen molar-refractivity contribution < 1.29 is 22.7 Å². The normalized spacial score (nSPS) is 16.2. The van der Waals surface area contributed by atoms with E-state index in [2.05, 4.69) is 10.3 Å². The Bertz CT molecular complexity index is 853. The number of fused-ring (bicyclic) bond motifs is 1. The number of anilines is 3. The highest BCUT2D eigenvalue weighted by molar-refractivity contribution is 5.73. The molecule has 6 nitrogen and oxygen atoms in total. The number of aromatic nitrogens is 1. The molecule has 0 unspecified atom stereocenters. The van der Waals surface area contributed by atoms with Crippen molar-refractivity contribution in [3.63, 3.8) is 0 Å². The molecule has 1 atom stereocenters. The van der Waals surface area contributed by atoms with Gasteiger partial charge < -0.3 is 19.9 Å². The quantitative estimate of drug-likeness (QED) is 0.863. The molecule has 1 aliphatic rings. The lowest BCUT2D eigenvalue weighted by atomic mass is 10.1. The molecular formula is C19H21F3N4O2. The fourth-order valence-electron chi connectivity index (χ4n) is 2.90. The number of pyridine rings is 1. The van der Waals surface area contributed by atoms with E-state index >= 15 is 0 Å². The minimum absolute atomic E-state index is 0.189. The molecular weight excluding hydrogens is 373 g/mol. The number of rotatable bonds is 4. The molecule has 1 N–H and O–H groups in total. The van der Waals surface area contributed by atoms with E-state index in [1.165, 1.54) is 19.1 Å². The maximum absolute atomic E-state index is 12.9. The number of halogens is 3. The van der Waals surface area contributed by atoms with Gasteiger partial charge in [-0.25, -0.2) is 0 Å². The third-order valence-electron chi connectivity index (χ3n) is 4.32. The van der Waals surface area contributed by atoms with Crippen LogP contribution in [0, 0.1) is 0 Å². The standard InChI is InChI=1S/C19H21F3N4O2/c1-12(27)23-10-15-11-26(14-6-4-13(5-7-14)19(20,21)22)16-8-9-17(25(2)3)24-18(16)28-15/h4-9,15H,10-11H2,1-3H3,(H,23,27)/t15-/m0/s1. The second-order valence-electron chi connectivity index (χ2n) is 6.72. The van der Waals surface area contributed by atoms with Crippen LogP contribution < -0.4 is 19.9 Å². The first-order chi connectivity index (χ1) is 13.1. The molecule has 2 heterocycles. The molecule has 0 saturated carbocycles. The zero-order valence-corrected chi connectivity index (χ0v) is 15.7. The average Bonchev–Trinajstić information content (AvgIpc) is 2.64. The molecule has 0 bridgehead atoms. The minimum Gasteiger partial charge on any atom is -0.469 e. The van der Waals surface area contributed by atoms with Gasteiger partial charge in [0.05, 0.1) is 18.7 Å². The van der Waals surface area contributed by atoms with Gasteiger partial charge in [-0.15, -0.1) is 0 Å². The van der Waals surface area contributed by atoms with Gasteiger partial charge in [-0.1, -0.05) is 0 Å². The van der Waals surface area contributed by atoms with Gasteiger partial charge in [0.2, 0.25) is 11.8 Å². The van der Waals surface area contributed by atoms with Crippen LogP contribution in [0.5, 0.6) is 5.88 Å². The highest BCUT2D eigenvalue weighted by atomic mass is 19.4. The van der Waals surface area contributed by atoms with E-state index in [4.69, 9.17) is 4.74 Å². The third-order valence-corrected chi connectivity index (χ3v) is 4.32. The number of ether oxygens (including phenoxy) is 1. The molecule has 28 heavy (non-hydrogen) atoms. The molecule has 0 fully saturated rings. The summed E-state index contributed by atoms with van der Waals surface area (Å²) in [6.07, 6.45) is -4.79. The molecule has 1 amide bonds. The SMILES string of the molecule is CC(=O)NC[C@H]1CN(c2ccc(C(F)(F)F)cc2)c2ccc(N(C)C)nc2O1. The van der Waals surface area contributed by atoms with Crippen molar-refractivity contribution in [1.82, 2.24) is 10.3 Å². The number of benzene rings is 1. The van der Waals surface area contributed by atoms with Gasteiger partial charge in [-0.05, 0) is 36.4 Å². The monoisotopic (exact) mass is 394 g/mol. The first kappa shape index (κ1) is 19.8. The summed E-state index contributed by atoms with van der Waals surface area (Å²) in [4.78, 5) is 19.4. The summed E-state index contributed by atoms with van der Waals surface area (Å²) < 4.78 is 44.5. The molecule has 9 heteroatoms. The van der Waals surface area contributed by atoms with Crippen molar-refractivity contribution >= 4 is 23.1 Å². The van der Waals surface area contributed by atoms with Gasteiger partial charge in [-0.2, -0.15) is 18.2 Å². The van der Waals surface area contributed by atoms with E-state index in [0.29, 0.717) is 29.6 Å². The van der Waals surface area contributed by atoms with E-state index in [1.807, 2.05) is 36.0 Å². The molecule has 1 aromatic carbocycles. The van der Waals surface area contributed by atoms with Crippen LogP contribution in [0.25, 0.3) is 0 Å². The zero-order chi connectivity index (χ0) is 20.5.